The van der Waals surface area contributed by atoms with Crippen molar-refractivity contribution in [3.8, 4) is 0 Å². The van der Waals surface area contributed by atoms with E-state index in [-0.39, 0.29) is 55.8 Å². The Labute approximate surface area is 528 Å². The summed E-state index contributed by atoms with van der Waals surface area (Å²) in [5, 5.41) is 23.3. The fourth-order valence-electron chi connectivity index (χ4n) is 11.4. The standard InChI is InChI=1S/C65H119N11O12/c1-25-27-28-29-30-31-43(15)55(78)54-59(82)68-46(26-2)61(84)70(18)36-51(77)71(19)47(32-37(3)4)58(81)69-52(41(11)12)64(87)72(20)48(33-38(5)6)57(80)66-44(16)56(79)67-45(17)60(83)73(21)49(34-39(7)8)62(85)74(22)50(35-40(9)10)63(86)75(23)53(42(13)14)65(88)76(54)24/h37-50,52-55,78H,25-36H2,1-24H3,(H,66,80)(H,67,79)(H,68,82)(H,69,81)/t43-,44+,45-,46+,47+,48+,49+,50+,52+,53+,54+,55-/m1/s1. The van der Waals surface area contributed by atoms with Gasteiger partial charge in [-0.15, -0.1) is 0 Å². The summed E-state index contributed by atoms with van der Waals surface area (Å²) in [5.74, 6) is -9.47. The molecule has 0 aromatic heterocycles. The SMILES string of the molecule is CCCCCCC[C@@H](C)[C@@H](O)[C@H]1C(=O)N[C@@H](CC)C(=O)N(C)CC(=O)N(C)[C@@H](CC(C)C)C(=O)N[C@@H](C(C)C)C(=O)N(C)[C@@H](CC(C)C)C(=O)N[C@@H](C)C(=O)N[C@H](C)C(=O)N(C)[C@@H](CC(C)C)C(=O)N(C)[C@@H](CC(C)C)C(=O)N(C)[C@@H](C(C)C)C(=O)N1C. The molecule has 1 fully saturated rings. The highest BCUT2D eigenvalue weighted by Crippen LogP contribution is 2.26. The second kappa shape index (κ2) is 37.3. The molecule has 0 spiro atoms. The molecule has 23 heteroatoms. The van der Waals surface area contributed by atoms with Crippen LogP contribution in [-0.4, -0.2) is 227 Å². The zero-order valence-electron chi connectivity index (χ0n) is 58.4. The lowest BCUT2D eigenvalue weighted by Crippen LogP contribution is -2.63. The zero-order valence-corrected chi connectivity index (χ0v) is 58.4. The van der Waals surface area contributed by atoms with Crippen molar-refractivity contribution in [1.29, 1.82) is 0 Å². The van der Waals surface area contributed by atoms with Crippen LogP contribution in [-0.2, 0) is 52.7 Å². The van der Waals surface area contributed by atoms with Crippen molar-refractivity contribution in [1.82, 2.24) is 55.6 Å². The first-order chi connectivity index (χ1) is 40.7. The smallest absolute Gasteiger partial charge is 0.246 e. The Hall–Kier alpha value is -5.87. The average molecular weight is 1250 g/mol. The van der Waals surface area contributed by atoms with Crippen molar-refractivity contribution in [3.05, 3.63) is 0 Å². The van der Waals surface area contributed by atoms with Crippen LogP contribution in [0.15, 0.2) is 0 Å². The molecule has 0 radical (unpaired) electrons. The Bertz CT molecular complexity index is 2330. The summed E-state index contributed by atoms with van der Waals surface area (Å²) in [6.07, 6.45) is 4.42. The second-order valence-electron chi connectivity index (χ2n) is 27.5. The van der Waals surface area contributed by atoms with Crippen molar-refractivity contribution in [2.24, 2.45) is 41.4 Å². The molecule has 11 amide bonds. The lowest BCUT2D eigenvalue weighted by Gasteiger charge is -2.41. The maximum atomic E-state index is 15.3. The van der Waals surface area contributed by atoms with Crippen LogP contribution in [0.2, 0.25) is 0 Å². The lowest BCUT2D eigenvalue weighted by atomic mass is 9.90. The van der Waals surface area contributed by atoms with Crippen LogP contribution in [0, 0.1) is 41.4 Å². The van der Waals surface area contributed by atoms with E-state index < -0.39 is 156 Å². The van der Waals surface area contributed by atoms with Crippen LogP contribution >= 0.6 is 0 Å². The minimum Gasteiger partial charge on any atom is -0.390 e. The first-order valence-electron chi connectivity index (χ1n) is 32.5. The van der Waals surface area contributed by atoms with Gasteiger partial charge in [0.2, 0.25) is 65.0 Å². The van der Waals surface area contributed by atoms with Gasteiger partial charge in [-0.1, -0.05) is 136 Å². The van der Waals surface area contributed by atoms with Crippen molar-refractivity contribution in [2.75, 3.05) is 55.9 Å². The van der Waals surface area contributed by atoms with Gasteiger partial charge in [0, 0.05) is 49.3 Å². The molecule has 0 aliphatic carbocycles. The number of nitrogens with zero attached hydrogens (tertiary/aromatic N) is 7. The highest BCUT2D eigenvalue weighted by molar-refractivity contribution is 5.99. The normalized spacial score (nSPS) is 26.3. The molecule has 1 saturated heterocycles. The van der Waals surface area contributed by atoms with Gasteiger partial charge >= 0.3 is 0 Å². The summed E-state index contributed by atoms with van der Waals surface area (Å²) in [4.78, 5) is 169. The van der Waals surface area contributed by atoms with E-state index in [0.717, 1.165) is 41.9 Å². The molecular formula is C65H119N11O12. The van der Waals surface area contributed by atoms with Gasteiger partial charge in [-0.05, 0) is 93.8 Å². The minimum absolute atomic E-state index is 0.0356. The topological polar surface area (TPSA) is 279 Å². The molecule has 0 unspecified atom stereocenters. The van der Waals surface area contributed by atoms with Gasteiger partial charge in [-0.3, -0.25) is 52.7 Å². The van der Waals surface area contributed by atoms with E-state index in [4.69, 9.17) is 0 Å². The third-order valence-electron chi connectivity index (χ3n) is 17.1. The number of hydrogen-bond donors (Lipinski definition) is 5. The number of carbonyl (C=O) groups is 11. The Morgan fingerprint density at radius 1 is 0.420 bits per heavy atom. The highest BCUT2D eigenvalue weighted by atomic mass is 16.3. The molecule has 506 valence electrons. The van der Waals surface area contributed by atoms with Crippen molar-refractivity contribution < 1.29 is 57.8 Å². The summed E-state index contributed by atoms with van der Waals surface area (Å²) >= 11 is 0. The molecule has 1 aliphatic rings. The van der Waals surface area contributed by atoms with E-state index in [1.165, 1.54) is 87.7 Å². The summed E-state index contributed by atoms with van der Waals surface area (Å²) in [7, 11) is 10.0. The number of carbonyl (C=O) groups excluding carboxylic acids is 11. The third-order valence-corrected chi connectivity index (χ3v) is 17.1. The van der Waals surface area contributed by atoms with Gasteiger partial charge < -0.3 is 60.7 Å². The number of nitrogens with one attached hydrogen (secondary N) is 4. The number of hydrogen-bond acceptors (Lipinski definition) is 12. The first-order valence-corrected chi connectivity index (χ1v) is 32.5. The fraction of sp³-hybridized carbons (Fsp3) is 0.831. The van der Waals surface area contributed by atoms with E-state index in [1.807, 2.05) is 55.4 Å². The maximum Gasteiger partial charge on any atom is 0.246 e. The monoisotopic (exact) mass is 1250 g/mol. The van der Waals surface area contributed by atoms with E-state index in [2.05, 4.69) is 28.2 Å². The molecule has 1 aliphatic heterocycles. The maximum absolute atomic E-state index is 15.3. The Morgan fingerprint density at radius 3 is 1.31 bits per heavy atom. The Morgan fingerprint density at radius 2 is 0.841 bits per heavy atom. The first kappa shape index (κ1) is 80.1. The van der Waals surface area contributed by atoms with Crippen molar-refractivity contribution in [2.45, 2.75) is 255 Å². The number of aliphatic hydroxyl groups excluding tert-OH is 1. The van der Waals surface area contributed by atoms with Gasteiger partial charge in [0.15, 0.2) is 0 Å². The van der Waals surface area contributed by atoms with E-state index in [9.17, 15) is 43.5 Å². The predicted octanol–water partition coefficient (Wildman–Crippen LogP) is 4.66. The van der Waals surface area contributed by atoms with Crippen molar-refractivity contribution >= 4 is 65.0 Å². The number of rotatable bonds is 19. The molecule has 0 aromatic carbocycles. The molecule has 0 bridgehead atoms. The van der Waals surface area contributed by atoms with Gasteiger partial charge in [0.25, 0.3) is 0 Å². The van der Waals surface area contributed by atoms with Gasteiger partial charge in [-0.25, -0.2) is 0 Å². The predicted molar refractivity (Wildman–Crippen MR) is 342 cm³/mol. The lowest BCUT2D eigenvalue weighted by molar-refractivity contribution is -0.157. The number of likely N-dealkylation sites (N-methyl/N-ethyl adjacent to an activating group) is 7. The van der Waals surface area contributed by atoms with Crippen LogP contribution in [0.3, 0.4) is 0 Å². The summed E-state index contributed by atoms with van der Waals surface area (Å²) in [6.45, 7) is 29.9. The Balaban J connectivity index is 4.33. The van der Waals surface area contributed by atoms with E-state index in [1.54, 1.807) is 41.5 Å². The summed E-state index contributed by atoms with van der Waals surface area (Å²) < 4.78 is 0. The van der Waals surface area contributed by atoms with Gasteiger partial charge in [0.1, 0.15) is 60.4 Å². The molecular weight excluding hydrogens is 1130 g/mol. The van der Waals surface area contributed by atoms with E-state index >= 15 is 14.4 Å². The van der Waals surface area contributed by atoms with Crippen LogP contribution in [0.1, 0.15) is 188 Å². The van der Waals surface area contributed by atoms with Crippen LogP contribution < -0.4 is 21.3 Å². The molecule has 1 rings (SSSR count). The van der Waals surface area contributed by atoms with Gasteiger partial charge in [-0.2, -0.15) is 0 Å². The summed E-state index contributed by atoms with van der Waals surface area (Å²) in [5.41, 5.74) is 0. The van der Waals surface area contributed by atoms with Crippen LogP contribution in [0.4, 0.5) is 0 Å². The molecule has 88 heavy (non-hydrogen) atoms. The van der Waals surface area contributed by atoms with E-state index in [0.29, 0.717) is 6.42 Å². The second-order valence-corrected chi connectivity index (χ2v) is 27.5. The Kier molecular flexibility index (Phi) is 34.0. The third kappa shape index (κ3) is 23.2. The van der Waals surface area contributed by atoms with Crippen LogP contribution in [0.5, 0.6) is 0 Å². The summed E-state index contributed by atoms with van der Waals surface area (Å²) in [6, 6.07) is -12.2. The average Bonchev–Trinajstić information content (AvgIpc) is 1.41. The minimum atomic E-state index is -1.58. The quantitative estimate of drug-likeness (QED) is 0.111. The van der Waals surface area contributed by atoms with Crippen LogP contribution in [0.25, 0.3) is 0 Å². The molecule has 5 N–H and O–H groups in total. The molecule has 0 saturated carbocycles. The molecule has 0 aromatic rings. The highest BCUT2D eigenvalue weighted by Gasteiger charge is 2.46. The molecule has 12 atom stereocenters. The molecule has 23 nitrogen and oxygen atoms in total. The molecule has 1 heterocycles. The number of aliphatic hydroxyl groups is 1. The largest absolute Gasteiger partial charge is 0.390 e. The fourth-order valence-corrected chi connectivity index (χ4v) is 11.4. The van der Waals surface area contributed by atoms with Gasteiger partial charge in [0.05, 0.1) is 12.6 Å². The number of amides is 11. The van der Waals surface area contributed by atoms with Crippen molar-refractivity contribution in [3.63, 3.8) is 0 Å². The number of unbranched alkanes of at least 4 members (excludes halogenated alkanes) is 4. The zero-order chi connectivity index (χ0) is 68.1.